The molecule has 7 heteroatoms. The van der Waals surface area contributed by atoms with E-state index < -0.39 is 5.82 Å². The zero-order valence-corrected chi connectivity index (χ0v) is 19.6. The molecule has 1 aliphatic carbocycles. The lowest BCUT2D eigenvalue weighted by Gasteiger charge is -2.29. The Kier molecular flexibility index (Phi) is 5.40. The maximum Gasteiger partial charge on any atom is 0.329 e. The monoisotopic (exact) mass is 470 g/mol. The van der Waals surface area contributed by atoms with Crippen molar-refractivity contribution < 1.29 is 9.13 Å². The van der Waals surface area contributed by atoms with Crippen LogP contribution in [0.5, 0.6) is 11.5 Å². The third kappa shape index (κ3) is 3.81. The minimum atomic E-state index is -0.416. The van der Waals surface area contributed by atoms with Gasteiger partial charge in [-0.2, -0.15) is 0 Å². The number of pyridine rings is 1. The molecule has 2 aromatic carbocycles. The lowest BCUT2D eigenvalue weighted by molar-refractivity contribution is 0.256. The number of hydrogen-bond acceptors (Lipinski definition) is 3. The fourth-order valence-corrected chi connectivity index (χ4v) is 5.45. The van der Waals surface area contributed by atoms with E-state index in [1.165, 1.54) is 12.5 Å². The molecule has 178 valence electrons. The normalized spacial score (nSPS) is 18.3. The molecule has 1 fully saturated rings. The number of hydrogen-bond donors (Lipinski definition) is 1. The van der Waals surface area contributed by atoms with Crippen LogP contribution in [0, 0.1) is 11.7 Å². The van der Waals surface area contributed by atoms with Crippen LogP contribution in [-0.2, 0) is 6.54 Å². The standard InChI is InChI=1S/C28H27FN4O2/c1-18-7-2-4-11-23(18)33-26-21-13-14-30-27(21)31-16-24(26)32(28(33)34)17-19-8-6-9-20(15-19)35-25-12-5-3-10-22(25)29/h3,5-6,8-10,12-16,18,23H,2,4,7,11,17H2,1H3,(H,30,31)/t18-,23+/m1/s1. The van der Waals surface area contributed by atoms with Crippen molar-refractivity contribution in [2.75, 3.05) is 0 Å². The van der Waals surface area contributed by atoms with Gasteiger partial charge < -0.3 is 9.72 Å². The van der Waals surface area contributed by atoms with Gasteiger partial charge in [0.1, 0.15) is 11.4 Å². The molecule has 0 saturated heterocycles. The number of nitrogens with zero attached hydrogens (tertiary/aromatic N) is 3. The molecule has 0 radical (unpaired) electrons. The minimum Gasteiger partial charge on any atom is -0.454 e. The SMILES string of the molecule is C[C@@H]1CCCC[C@@H]1n1c(=O)n(Cc2cccc(Oc3ccccc3F)c2)c2cnc3[nH]ccc3c21. The Balaban J connectivity index is 1.44. The first-order chi connectivity index (χ1) is 17.1. The first-order valence-corrected chi connectivity index (χ1v) is 12.2. The van der Waals surface area contributed by atoms with Gasteiger partial charge in [0.25, 0.3) is 0 Å². The van der Waals surface area contributed by atoms with Gasteiger partial charge in [0.15, 0.2) is 11.6 Å². The van der Waals surface area contributed by atoms with Crippen molar-refractivity contribution in [2.45, 2.75) is 45.2 Å². The zero-order chi connectivity index (χ0) is 23.9. The summed E-state index contributed by atoms with van der Waals surface area (Å²) >= 11 is 0. The topological polar surface area (TPSA) is 64.8 Å². The Labute approximate surface area is 202 Å². The summed E-state index contributed by atoms with van der Waals surface area (Å²) in [7, 11) is 0. The highest BCUT2D eigenvalue weighted by Gasteiger charge is 2.28. The van der Waals surface area contributed by atoms with Crippen molar-refractivity contribution in [3.63, 3.8) is 0 Å². The molecule has 0 aliphatic heterocycles. The Morgan fingerprint density at radius 3 is 2.83 bits per heavy atom. The van der Waals surface area contributed by atoms with Gasteiger partial charge in [0, 0.05) is 17.6 Å². The number of rotatable bonds is 5. The van der Waals surface area contributed by atoms with E-state index in [9.17, 15) is 9.18 Å². The van der Waals surface area contributed by atoms with Crippen molar-refractivity contribution in [2.24, 2.45) is 5.92 Å². The number of H-pyrrole nitrogens is 1. The maximum atomic E-state index is 14.1. The predicted molar refractivity (Wildman–Crippen MR) is 135 cm³/mol. The van der Waals surface area contributed by atoms with E-state index in [0.29, 0.717) is 18.2 Å². The summed E-state index contributed by atoms with van der Waals surface area (Å²) in [6, 6.07) is 16.0. The largest absolute Gasteiger partial charge is 0.454 e. The van der Waals surface area contributed by atoms with Gasteiger partial charge >= 0.3 is 5.69 Å². The van der Waals surface area contributed by atoms with Crippen LogP contribution in [0.3, 0.4) is 0 Å². The van der Waals surface area contributed by atoms with Crippen LogP contribution < -0.4 is 10.4 Å². The van der Waals surface area contributed by atoms with Crippen LogP contribution in [0.1, 0.15) is 44.2 Å². The molecule has 0 unspecified atom stereocenters. The van der Waals surface area contributed by atoms with Crippen LogP contribution in [-0.4, -0.2) is 19.1 Å². The lowest BCUT2D eigenvalue weighted by Crippen LogP contribution is -2.32. The highest BCUT2D eigenvalue weighted by atomic mass is 19.1. The van der Waals surface area contributed by atoms with Gasteiger partial charge in [-0.3, -0.25) is 9.13 Å². The van der Waals surface area contributed by atoms with Gasteiger partial charge in [-0.1, -0.05) is 44.0 Å². The van der Waals surface area contributed by atoms with E-state index in [4.69, 9.17) is 4.74 Å². The number of para-hydroxylation sites is 1. The van der Waals surface area contributed by atoms with E-state index in [2.05, 4.69) is 16.9 Å². The number of nitrogens with one attached hydrogen (secondary N) is 1. The molecule has 3 heterocycles. The molecular weight excluding hydrogens is 443 g/mol. The molecular formula is C28H27FN4O2. The van der Waals surface area contributed by atoms with Crippen LogP contribution in [0.15, 0.2) is 71.8 Å². The second-order valence-electron chi connectivity index (χ2n) is 9.48. The lowest BCUT2D eigenvalue weighted by atomic mass is 9.85. The summed E-state index contributed by atoms with van der Waals surface area (Å²) in [4.78, 5) is 21.7. The molecule has 0 bridgehead atoms. The van der Waals surface area contributed by atoms with Gasteiger partial charge in [-0.15, -0.1) is 0 Å². The van der Waals surface area contributed by atoms with Gasteiger partial charge in [-0.25, -0.2) is 14.2 Å². The number of benzene rings is 2. The summed E-state index contributed by atoms with van der Waals surface area (Å²) < 4.78 is 23.7. The molecule has 6 rings (SSSR count). The number of halogens is 1. The molecule has 1 saturated carbocycles. The fraction of sp³-hybridized carbons (Fsp3) is 0.286. The average Bonchev–Trinajstić information content (AvgIpc) is 3.44. The number of aromatic amines is 1. The van der Waals surface area contributed by atoms with Gasteiger partial charge in [0.2, 0.25) is 0 Å². The van der Waals surface area contributed by atoms with Crippen LogP contribution in [0.25, 0.3) is 22.1 Å². The first kappa shape index (κ1) is 21.6. The second kappa shape index (κ2) is 8.73. The van der Waals surface area contributed by atoms with Crippen LogP contribution >= 0.6 is 0 Å². The van der Waals surface area contributed by atoms with Gasteiger partial charge in [0.05, 0.1) is 23.8 Å². The van der Waals surface area contributed by atoms with E-state index in [1.807, 2.05) is 35.0 Å². The third-order valence-corrected chi connectivity index (χ3v) is 7.21. The van der Waals surface area contributed by atoms with E-state index >= 15 is 0 Å². The van der Waals surface area contributed by atoms with Crippen molar-refractivity contribution >= 4 is 22.1 Å². The second-order valence-corrected chi connectivity index (χ2v) is 9.48. The van der Waals surface area contributed by atoms with Crippen LogP contribution in [0.2, 0.25) is 0 Å². The average molecular weight is 471 g/mol. The van der Waals surface area contributed by atoms with E-state index in [-0.39, 0.29) is 17.5 Å². The maximum absolute atomic E-state index is 14.1. The molecule has 2 atom stereocenters. The molecule has 6 nitrogen and oxygen atoms in total. The van der Waals surface area contributed by atoms with Crippen molar-refractivity contribution in [3.8, 4) is 11.5 Å². The smallest absolute Gasteiger partial charge is 0.329 e. The number of ether oxygens (including phenoxy) is 1. The summed E-state index contributed by atoms with van der Waals surface area (Å²) in [5.74, 6) is 0.709. The predicted octanol–water partition coefficient (Wildman–Crippen LogP) is 6.41. The van der Waals surface area contributed by atoms with Crippen LogP contribution in [0.4, 0.5) is 4.39 Å². The number of imidazole rings is 1. The minimum absolute atomic E-state index is 0.0188. The van der Waals surface area contributed by atoms with E-state index in [0.717, 1.165) is 46.9 Å². The summed E-state index contributed by atoms with van der Waals surface area (Å²) in [6.45, 7) is 2.62. The van der Waals surface area contributed by atoms with Crippen molar-refractivity contribution in [1.29, 1.82) is 0 Å². The van der Waals surface area contributed by atoms with Crippen molar-refractivity contribution in [3.05, 3.63) is 88.9 Å². The summed E-state index contributed by atoms with van der Waals surface area (Å²) in [5, 5.41) is 0.966. The number of aromatic nitrogens is 4. The molecule has 35 heavy (non-hydrogen) atoms. The third-order valence-electron chi connectivity index (χ3n) is 7.21. The zero-order valence-electron chi connectivity index (χ0n) is 19.6. The fourth-order valence-electron chi connectivity index (χ4n) is 5.45. The van der Waals surface area contributed by atoms with Crippen molar-refractivity contribution in [1.82, 2.24) is 19.1 Å². The summed E-state index contributed by atoms with van der Waals surface area (Å²) in [6.07, 6.45) is 8.13. The Bertz CT molecular complexity index is 1580. The molecule has 0 spiro atoms. The Morgan fingerprint density at radius 2 is 1.97 bits per heavy atom. The number of fused-ring (bicyclic) bond motifs is 3. The quantitative estimate of drug-likeness (QED) is 0.323. The summed E-state index contributed by atoms with van der Waals surface area (Å²) in [5.41, 5.74) is 3.42. The van der Waals surface area contributed by atoms with Gasteiger partial charge in [-0.05, 0) is 54.7 Å². The first-order valence-electron chi connectivity index (χ1n) is 12.2. The molecule has 1 aliphatic rings. The highest BCUT2D eigenvalue weighted by Crippen LogP contribution is 2.36. The molecule has 0 amide bonds. The highest BCUT2D eigenvalue weighted by molar-refractivity contribution is 6.01. The Morgan fingerprint density at radius 1 is 1.11 bits per heavy atom. The van der Waals surface area contributed by atoms with E-state index in [1.54, 1.807) is 35.0 Å². The Hall–Kier alpha value is -3.87. The molecule has 3 aromatic heterocycles. The molecule has 5 aromatic rings. The molecule has 1 N–H and O–H groups in total.